The third-order valence-corrected chi connectivity index (χ3v) is 6.70. The van der Waals surface area contributed by atoms with Crippen LogP contribution in [-0.4, -0.2) is 21.4 Å². The Balaban J connectivity index is 1.59. The van der Waals surface area contributed by atoms with Gasteiger partial charge in [0.25, 0.3) is 11.5 Å². The fourth-order valence-corrected chi connectivity index (χ4v) is 4.71. The standard InChI is InChI=1S/C25H24N4O3S/c1-4-17-10-6-8-12-19(17)27-20(30)13-29-14-26-24-21(25(29)32)16(3)22(33-24)23(31)28-18-11-7-5-9-15(18)2/h5-12,14H,4,13H2,1-3H3,(H,27,30)(H,28,31). The zero-order valence-electron chi connectivity index (χ0n) is 18.6. The summed E-state index contributed by atoms with van der Waals surface area (Å²) in [4.78, 5) is 43.9. The Kier molecular flexibility index (Phi) is 6.37. The van der Waals surface area contributed by atoms with Crippen LogP contribution in [0.4, 0.5) is 11.4 Å². The first-order chi connectivity index (χ1) is 15.9. The second kappa shape index (κ2) is 9.38. The molecule has 4 aromatic rings. The van der Waals surface area contributed by atoms with E-state index in [-0.39, 0.29) is 23.9 Å². The lowest BCUT2D eigenvalue weighted by Crippen LogP contribution is -2.28. The minimum Gasteiger partial charge on any atom is -0.324 e. The second-order valence-electron chi connectivity index (χ2n) is 7.74. The molecule has 0 saturated carbocycles. The molecule has 0 aliphatic heterocycles. The van der Waals surface area contributed by atoms with Crippen LogP contribution >= 0.6 is 11.3 Å². The second-order valence-corrected chi connectivity index (χ2v) is 8.74. The van der Waals surface area contributed by atoms with Crippen LogP contribution in [0.3, 0.4) is 0 Å². The van der Waals surface area contributed by atoms with E-state index in [4.69, 9.17) is 0 Å². The minimum atomic E-state index is -0.345. The number of carbonyl (C=O) groups excluding carboxylic acids is 2. The largest absolute Gasteiger partial charge is 0.324 e. The lowest BCUT2D eigenvalue weighted by molar-refractivity contribution is -0.116. The van der Waals surface area contributed by atoms with Crippen LogP contribution in [0.1, 0.15) is 33.3 Å². The molecule has 168 valence electrons. The monoisotopic (exact) mass is 460 g/mol. The number of para-hydroxylation sites is 2. The first kappa shape index (κ1) is 22.4. The van der Waals surface area contributed by atoms with Gasteiger partial charge in [-0.3, -0.25) is 19.0 Å². The summed E-state index contributed by atoms with van der Waals surface area (Å²) >= 11 is 1.17. The number of nitrogens with zero attached hydrogens (tertiary/aromatic N) is 2. The van der Waals surface area contributed by atoms with Gasteiger partial charge < -0.3 is 10.6 Å². The highest BCUT2D eigenvalue weighted by molar-refractivity contribution is 7.20. The minimum absolute atomic E-state index is 0.167. The summed E-state index contributed by atoms with van der Waals surface area (Å²) in [5, 5.41) is 6.13. The van der Waals surface area contributed by atoms with Gasteiger partial charge in [-0.2, -0.15) is 0 Å². The van der Waals surface area contributed by atoms with Crippen molar-refractivity contribution in [1.29, 1.82) is 0 Å². The van der Waals surface area contributed by atoms with E-state index in [1.807, 2.05) is 62.4 Å². The average Bonchev–Trinajstić information content (AvgIpc) is 3.15. The summed E-state index contributed by atoms with van der Waals surface area (Å²) in [6.07, 6.45) is 2.14. The molecule has 0 radical (unpaired) electrons. The zero-order chi connectivity index (χ0) is 23.5. The number of carbonyl (C=O) groups is 2. The fourth-order valence-electron chi connectivity index (χ4n) is 3.68. The van der Waals surface area contributed by atoms with Crippen LogP contribution in [0.2, 0.25) is 0 Å². The van der Waals surface area contributed by atoms with E-state index in [0.717, 1.165) is 23.2 Å². The quantitative estimate of drug-likeness (QED) is 0.442. The molecule has 33 heavy (non-hydrogen) atoms. The van der Waals surface area contributed by atoms with E-state index < -0.39 is 0 Å². The highest BCUT2D eigenvalue weighted by atomic mass is 32.1. The van der Waals surface area contributed by atoms with Crippen LogP contribution < -0.4 is 16.2 Å². The molecule has 2 heterocycles. The van der Waals surface area contributed by atoms with Gasteiger partial charge in [-0.05, 0) is 49.1 Å². The van der Waals surface area contributed by atoms with Crippen molar-refractivity contribution in [2.75, 3.05) is 10.6 Å². The Bertz CT molecular complexity index is 1420. The Hall–Kier alpha value is -3.78. The molecule has 0 saturated heterocycles. The van der Waals surface area contributed by atoms with Crippen molar-refractivity contribution >= 4 is 44.7 Å². The molecule has 2 amide bonds. The molecule has 4 rings (SSSR count). The topological polar surface area (TPSA) is 93.1 Å². The van der Waals surface area contributed by atoms with Crippen molar-refractivity contribution < 1.29 is 9.59 Å². The summed E-state index contributed by atoms with van der Waals surface area (Å²) in [5.41, 5.74) is 3.63. The smallest absolute Gasteiger partial charge is 0.266 e. The average molecular weight is 461 g/mol. The lowest BCUT2D eigenvalue weighted by atomic mass is 10.1. The number of fused-ring (bicyclic) bond motifs is 1. The molecular formula is C25H24N4O3S. The molecule has 7 nitrogen and oxygen atoms in total. The summed E-state index contributed by atoms with van der Waals surface area (Å²) < 4.78 is 1.27. The van der Waals surface area contributed by atoms with E-state index in [1.54, 1.807) is 6.92 Å². The number of aryl methyl sites for hydroxylation is 3. The van der Waals surface area contributed by atoms with Crippen LogP contribution in [-0.2, 0) is 17.8 Å². The molecule has 0 aliphatic carbocycles. The number of amides is 2. The number of anilines is 2. The Labute approximate surface area is 195 Å². The molecule has 0 spiro atoms. The van der Waals surface area contributed by atoms with Gasteiger partial charge in [0.2, 0.25) is 5.91 Å². The normalized spacial score (nSPS) is 10.9. The SMILES string of the molecule is CCc1ccccc1NC(=O)Cn1cnc2sc(C(=O)Nc3ccccc3C)c(C)c2c1=O. The van der Waals surface area contributed by atoms with Gasteiger partial charge in [-0.1, -0.05) is 43.3 Å². The summed E-state index contributed by atoms with van der Waals surface area (Å²) in [6, 6.07) is 15.1. The highest BCUT2D eigenvalue weighted by Crippen LogP contribution is 2.28. The zero-order valence-corrected chi connectivity index (χ0v) is 19.5. The summed E-state index contributed by atoms with van der Waals surface area (Å²) in [6.45, 7) is 5.49. The number of hydrogen-bond acceptors (Lipinski definition) is 5. The van der Waals surface area contributed by atoms with Gasteiger partial charge >= 0.3 is 0 Å². The summed E-state index contributed by atoms with van der Waals surface area (Å²) in [5.74, 6) is -0.603. The highest BCUT2D eigenvalue weighted by Gasteiger charge is 2.20. The maximum absolute atomic E-state index is 13.1. The molecule has 0 bridgehead atoms. The van der Waals surface area contributed by atoms with Gasteiger partial charge in [0.05, 0.1) is 16.6 Å². The van der Waals surface area contributed by atoms with E-state index >= 15 is 0 Å². The van der Waals surface area contributed by atoms with Crippen LogP contribution in [0.5, 0.6) is 0 Å². The Morgan fingerprint density at radius 3 is 2.42 bits per heavy atom. The number of benzene rings is 2. The Morgan fingerprint density at radius 1 is 1.00 bits per heavy atom. The molecule has 0 atom stereocenters. The first-order valence-corrected chi connectivity index (χ1v) is 11.4. The maximum atomic E-state index is 13.1. The maximum Gasteiger partial charge on any atom is 0.266 e. The predicted molar refractivity (Wildman–Crippen MR) is 132 cm³/mol. The number of nitrogens with one attached hydrogen (secondary N) is 2. The lowest BCUT2D eigenvalue weighted by Gasteiger charge is -2.10. The van der Waals surface area contributed by atoms with Crippen LogP contribution in [0, 0.1) is 13.8 Å². The molecule has 2 aromatic heterocycles. The van der Waals surface area contributed by atoms with Crippen molar-refractivity contribution in [3.8, 4) is 0 Å². The number of rotatable bonds is 6. The fraction of sp³-hybridized carbons (Fsp3) is 0.200. The first-order valence-electron chi connectivity index (χ1n) is 10.6. The van der Waals surface area contributed by atoms with E-state index in [1.165, 1.54) is 22.2 Å². The van der Waals surface area contributed by atoms with E-state index in [0.29, 0.717) is 26.3 Å². The van der Waals surface area contributed by atoms with Gasteiger partial charge in [-0.15, -0.1) is 11.3 Å². The van der Waals surface area contributed by atoms with Crippen molar-refractivity contribution in [2.24, 2.45) is 0 Å². The molecule has 0 fully saturated rings. The summed E-state index contributed by atoms with van der Waals surface area (Å²) in [7, 11) is 0. The van der Waals surface area contributed by atoms with Gasteiger partial charge in [0.15, 0.2) is 0 Å². The third kappa shape index (κ3) is 4.56. The number of aromatic nitrogens is 2. The van der Waals surface area contributed by atoms with Crippen molar-refractivity contribution in [3.63, 3.8) is 0 Å². The molecule has 2 N–H and O–H groups in total. The molecule has 2 aromatic carbocycles. The van der Waals surface area contributed by atoms with Crippen LogP contribution in [0.15, 0.2) is 59.7 Å². The number of hydrogen-bond donors (Lipinski definition) is 2. The van der Waals surface area contributed by atoms with E-state index in [2.05, 4.69) is 15.6 Å². The van der Waals surface area contributed by atoms with Gasteiger partial charge in [-0.25, -0.2) is 4.98 Å². The van der Waals surface area contributed by atoms with Crippen LogP contribution in [0.25, 0.3) is 10.2 Å². The van der Waals surface area contributed by atoms with Crippen molar-refractivity contribution in [2.45, 2.75) is 33.7 Å². The third-order valence-electron chi connectivity index (χ3n) is 5.50. The predicted octanol–water partition coefficient (Wildman–Crippen LogP) is 4.53. The van der Waals surface area contributed by atoms with Gasteiger partial charge in [0, 0.05) is 11.4 Å². The Morgan fingerprint density at radius 2 is 1.70 bits per heavy atom. The molecule has 0 unspecified atom stereocenters. The number of thiophene rings is 1. The molecule has 8 heteroatoms. The van der Waals surface area contributed by atoms with Crippen molar-refractivity contribution in [1.82, 2.24) is 9.55 Å². The molecular weight excluding hydrogens is 436 g/mol. The van der Waals surface area contributed by atoms with Crippen molar-refractivity contribution in [3.05, 3.63) is 86.8 Å². The van der Waals surface area contributed by atoms with Gasteiger partial charge in [0.1, 0.15) is 11.4 Å². The van der Waals surface area contributed by atoms with E-state index in [9.17, 15) is 14.4 Å². The molecule has 0 aliphatic rings.